The largest absolute Gasteiger partial charge is 0.466 e. The quantitative estimate of drug-likeness (QED) is 0.735. The van der Waals surface area contributed by atoms with Gasteiger partial charge < -0.3 is 9.64 Å². The van der Waals surface area contributed by atoms with E-state index >= 15 is 0 Å². The van der Waals surface area contributed by atoms with Gasteiger partial charge in [-0.1, -0.05) is 24.3 Å². The van der Waals surface area contributed by atoms with Crippen LogP contribution in [0.15, 0.2) is 41.3 Å². The zero-order valence-corrected chi connectivity index (χ0v) is 16.8. The van der Waals surface area contributed by atoms with Crippen molar-refractivity contribution in [2.75, 3.05) is 38.7 Å². The zero-order chi connectivity index (χ0) is 19.6. The van der Waals surface area contributed by atoms with Crippen molar-refractivity contribution in [2.45, 2.75) is 24.7 Å². The summed E-state index contributed by atoms with van der Waals surface area (Å²) in [5, 5.41) is 1.59. The van der Waals surface area contributed by atoms with Gasteiger partial charge in [0.15, 0.2) is 0 Å². The molecule has 2 aromatic rings. The van der Waals surface area contributed by atoms with E-state index in [-0.39, 0.29) is 17.4 Å². The summed E-state index contributed by atoms with van der Waals surface area (Å²) in [6.07, 6.45) is 1.31. The summed E-state index contributed by atoms with van der Waals surface area (Å²) in [6.45, 7) is 2.65. The molecule has 0 N–H and O–H groups in total. The van der Waals surface area contributed by atoms with Crippen molar-refractivity contribution < 1.29 is 17.9 Å². The molecule has 0 radical (unpaired) electrons. The van der Waals surface area contributed by atoms with Gasteiger partial charge in [0.1, 0.15) is 0 Å². The summed E-state index contributed by atoms with van der Waals surface area (Å²) >= 11 is 0. The Morgan fingerprint density at radius 1 is 1.19 bits per heavy atom. The van der Waals surface area contributed by atoms with Gasteiger partial charge in [0.25, 0.3) is 0 Å². The molecule has 27 heavy (non-hydrogen) atoms. The minimum atomic E-state index is -3.71. The molecule has 1 heterocycles. The first-order valence-corrected chi connectivity index (χ1v) is 10.7. The predicted octanol–water partition coefficient (Wildman–Crippen LogP) is 2.87. The van der Waals surface area contributed by atoms with Crippen molar-refractivity contribution in [3.8, 4) is 0 Å². The number of carbonyl (C=O) groups excluding carboxylic acids is 1. The summed E-state index contributed by atoms with van der Waals surface area (Å²) in [4.78, 5) is 14.3. The second-order valence-electron chi connectivity index (χ2n) is 6.98. The van der Waals surface area contributed by atoms with E-state index in [0.717, 1.165) is 11.1 Å². The molecule has 0 bridgehead atoms. The third-order valence-electron chi connectivity index (χ3n) is 4.96. The van der Waals surface area contributed by atoms with E-state index in [2.05, 4.69) is 0 Å². The minimum absolute atomic E-state index is 0.172. The average Bonchev–Trinajstić information content (AvgIpc) is 2.67. The van der Waals surface area contributed by atoms with Gasteiger partial charge in [-0.2, -0.15) is 4.31 Å². The lowest BCUT2D eigenvalue weighted by molar-refractivity contribution is -0.149. The van der Waals surface area contributed by atoms with E-state index in [4.69, 9.17) is 4.74 Å². The van der Waals surface area contributed by atoms with Crippen LogP contribution in [0, 0.1) is 5.92 Å². The monoisotopic (exact) mass is 390 g/mol. The van der Waals surface area contributed by atoms with Gasteiger partial charge in [0, 0.05) is 43.6 Å². The van der Waals surface area contributed by atoms with Crippen molar-refractivity contribution in [1.82, 2.24) is 4.31 Å². The van der Waals surface area contributed by atoms with E-state index < -0.39 is 15.9 Å². The smallest absolute Gasteiger partial charge is 0.310 e. The molecule has 0 aromatic heterocycles. The van der Waals surface area contributed by atoms with Crippen molar-refractivity contribution in [3.05, 3.63) is 36.4 Å². The summed E-state index contributed by atoms with van der Waals surface area (Å²) in [5.74, 6) is -0.717. The second kappa shape index (κ2) is 7.86. The normalized spacial score (nSPS) is 18.4. The Morgan fingerprint density at radius 2 is 1.89 bits per heavy atom. The van der Waals surface area contributed by atoms with Crippen LogP contribution in [0.25, 0.3) is 10.8 Å². The van der Waals surface area contributed by atoms with Gasteiger partial charge in [0.2, 0.25) is 10.0 Å². The lowest BCUT2D eigenvalue weighted by Crippen LogP contribution is -2.42. The van der Waals surface area contributed by atoms with Crippen molar-refractivity contribution in [3.63, 3.8) is 0 Å². The highest BCUT2D eigenvalue weighted by molar-refractivity contribution is 7.89. The van der Waals surface area contributed by atoms with Gasteiger partial charge >= 0.3 is 5.97 Å². The van der Waals surface area contributed by atoms with Gasteiger partial charge in [-0.15, -0.1) is 0 Å². The number of anilines is 1. The molecule has 6 nitrogen and oxygen atoms in total. The van der Waals surface area contributed by atoms with E-state index in [0.29, 0.717) is 31.4 Å². The number of hydrogen-bond donors (Lipinski definition) is 0. The van der Waals surface area contributed by atoms with E-state index in [1.807, 2.05) is 43.3 Å². The third kappa shape index (κ3) is 3.80. The number of piperidine rings is 1. The van der Waals surface area contributed by atoms with E-state index in [1.54, 1.807) is 19.1 Å². The summed E-state index contributed by atoms with van der Waals surface area (Å²) in [7, 11) is 0.165. The number of nitrogens with zero attached hydrogens (tertiary/aromatic N) is 2. The van der Waals surface area contributed by atoms with Crippen LogP contribution in [0.3, 0.4) is 0 Å². The van der Waals surface area contributed by atoms with Gasteiger partial charge in [-0.05, 0) is 31.9 Å². The second-order valence-corrected chi connectivity index (χ2v) is 8.88. The van der Waals surface area contributed by atoms with Gasteiger partial charge in [-0.3, -0.25) is 4.79 Å². The number of sulfonamides is 1. The molecule has 1 aliphatic heterocycles. The summed E-state index contributed by atoms with van der Waals surface area (Å²) in [6, 6.07) is 11.0. The van der Waals surface area contributed by atoms with Crippen LogP contribution in [-0.4, -0.2) is 52.5 Å². The molecule has 0 amide bonds. The van der Waals surface area contributed by atoms with Crippen LogP contribution < -0.4 is 4.90 Å². The molecule has 1 aliphatic rings. The average molecular weight is 391 g/mol. The number of carbonyl (C=O) groups is 1. The lowest BCUT2D eigenvalue weighted by Gasteiger charge is -2.31. The summed E-state index contributed by atoms with van der Waals surface area (Å²) in [5.41, 5.74) is 0.965. The molecular weight excluding hydrogens is 364 g/mol. The predicted molar refractivity (Wildman–Crippen MR) is 106 cm³/mol. The van der Waals surface area contributed by atoms with Crippen LogP contribution in [0.4, 0.5) is 5.69 Å². The van der Waals surface area contributed by atoms with Crippen LogP contribution in [0.5, 0.6) is 0 Å². The standard InChI is InChI=1S/C20H26N2O4S/c1-4-26-20(23)15-8-7-13-22(14-15)27(24,25)19-12-6-9-16-17(19)10-5-11-18(16)21(2)3/h5-6,9-12,15H,4,7-8,13-14H2,1-3H3. The Labute approximate surface area is 160 Å². The molecule has 1 atom stereocenters. The highest BCUT2D eigenvalue weighted by atomic mass is 32.2. The number of hydrogen-bond acceptors (Lipinski definition) is 5. The molecule has 0 spiro atoms. The fourth-order valence-corrected chi connectivity index (χ4v) is 5.36. The molecule has 7 heteroatoms. The van der Waals surface area contributed by atoms with Crippen molar-refractivity contribution >= 4 is 32.5 Å². The van der Waals surface area contributed by atoms with Crippen molar-refractivity contribution in [2.24, 2.45) is 5.92 Å². The number of benzene rings is 2. The molecule has 2 aromatic carbocycles. The highest BCUT2D eigenvalue weighted by Crippen LogP contribution is 2.33. The zero-order valence-electron chi connectivity index (χ0n) is 16.0. The molecule has 1 unspecified atom stereocenters. The topological polar surface area (TPSA) is 66.9 Å². The maximum absolute atomic E-state index is 13.4. The molecule has 1 fully saturated rings. The molecular formula is C20H26N2O4S. The fourth-order valence-electron chi connectivity index (χ4n) is 3.63. The van der Waals surface area contributed by atoms with Crippen molar-refractivity contribution in [1.29, 1.82) is 0 Å². The minimum Gasteiger partial charge on any atom is -0.466 e. The maximum atomic E-state index is 13.4. The Morgan fingerprint density at radius 3 is 2.59 bits per heavy atom. The first kappa shape index (κ1) is 19.6. The number of fused-ring (bicyclic) bond motifs is 1. The van der Waals surface area contributed by atoms with Crippen LogP contribution in [-0.2, 0) is 19.6 Å². The Hall–Kier alpha value is -2.12. The molecule has 0 aliphatic carbocycles. The number of ether oxygens (including phenoxy) is 1. The van der Waals surface area contributed by atoms with Gasteiger partial charge in [-0.25, -0.2) is 8.42 Å². The SMILES string of the molecule is CCOC(=O)C1CCCN(S(=O)(=O)c2cccc3c(N(C)C)cccc23)C1. The molecule has 0 saturated carbocycles. The molecule has 3 rings (SSSR count). The number of rotatable bonds is 5. The first-order valence-electron chi connectivity index (χ1n) is 9.22. The van der Waals surface area contributed by atoms with Crippen LogP contribution in [0.1, 0.15) is 19.8 Å². The lowest BCUT2D eigenvalue weighted by atomic mass is 10.0. The van der Waals surface area contributed by atoms with E-state index in [1.165, 1.54) is 4.31 Å². The Kier molecular flexibility index (Phi) is 5.72. The maximum Gasteiger partial charge on any atom is 0.310 e. The molecule has 1 saturated heterocycles. The third-order valence-corrected chi connectivity index (χ3v) is 6.89. The van der Waals surface area contributed by atoms with E-state index in [9.17, 15) is 13.2 Å². The fraction of sp³-hybridized carbons (Fsp3) is 0.450. The Bertz CT molecular complexity index is 940. The summed E-state index contributed by atoms with van der Waals surface area (Å²) < 4.78 is 33.3. The number of esters is 1. The highest BCUT2D eigenvalue weighted by Gasteiger charge is 2.34. The first-order chi connectivity index (χ1) is 12.9. The van der Waals surface area contributed by atoms with Crippen LogP contribution in [0.2, 0.25) is 0 Å². The van der Waals surface area contributed by atoms with Crippen LogP contribution >= 0.6 is 0 Å². The van der Waals surface area contributed by atoms with Gasteiger partial charge in [0.05, 0.1) is 17.4 Å². The molecule has 146 valence electrons. The Balaban J connectivity index is 2.00.